The summed E-state index contributed by atoms with van der Waals surface area (Å²) in [5, 5.41) is 14.3. The summed E-state index contributed by atoms with van der Waals surface area (Å²) in [7, 11) is 1.46. The Labute approximate surface area is 120 Å². The Kier molecular flexibility index (Phi) is 4.30. The zero-order chi connectivity index (χ0) is 15.2. The van der Waals surface area contributed by atoms with E-state index >= 15 is 0 Å². The lowest BCUT2D eigenvalue weighted by Crippen LogP contribution is -1.97. The molecule has 2 aromatic rings. The standard InChI is InChI=1S/C13H12N4O4/c1-20-12-7-9(8-16-14)4-5-11(12)21-13-10(17(18)19)3-2-6-15-13/h2-8H,14H2,1H3. The van der Waals surface area contributed by atoms with E-state index in [0.717, 1.165) is 0 Å². The minimum Gasteiger partial charge on any atom is -0.493 e. The molecule has 8 heteroatoms. The molecule has 21 heavy (non-hydrogen) atoms. The molecule has 1 aromatic heterocycles. The van der Waals surface area contributed by atoms with Crippen LogP contribution in [0.3, 0.4) is 0 Å². The summed E-state index contributed by atoms with van der Waals surface area (Å²) in [6.07, 6.45) is 2.85. The average molecular weight is 288 g/mol. The minimum atomic E-state index is -0.565. The average Bonchev–Trinajstić information content (AvgIpc) is 2.49. The van der Waals surface area contributed by atoms with Crippen molar-refractivity contribution in [2.45, 2.75) is 0 Å². The smallest absolute Gasteiger partial charge is 0.331 e. The third-order valence-electron chi connectivity index (χ3n) is 2.57. The predicted octanol–water partition coefficient (Wildman–Crippen LogP) is 2.08. The van der Waals surface area contributed by atoms with Crippen molar-refractivity contribution >= 4 is 11.9 Å². The Morgan fingerprint density at radius 3 is 2.86 bits per heavy atom. The zero-order valence-corrected chi connectivity index (χ0v) is 11.1. The van der Waals surface area contributed by atoms with Gasteiger partial charge < -0.3 is 15.3 Å². The molecule has 0 saturated carbocycles. The van der Waals surface area contributed by atoms with Crippen molar-refractivity contribution < 1.29 is 14.4 Å². The number of rotatable bonds is 5. The maximum atomic E-state index is 10.9. The molecule has 0 bridgehead atoms. The SMILES string of the molecule is COc1cc(C=NN)ccc1Oc1ncccc1[N+](=O)[O-]. The molecule has 8 nitrogen and oxygen atoms in total. The van der Waals surface area contributed by atoms with Gasteiger partial charge in [0.15, 0.2) is 11.5 Å². The second kappa shape index (κ2) is 6.33. The van der Waals surface area contributed by atoms with Gasteiger partial charge in [-0.05, 0) is 29.8 Å². The van der Waals surface area contributed by atoms with Gasteiger partial charge in [-0.1, -0.05) is 0 Å². The van der Waals surface area contributed by atoms with Gasteiger partial charge in [0.05, 0.1) is 18.2 Å². The zero-order valence-electron chi connectivity index (χ0n) is 11.1. The molecule has 2 rings (SSSR count). The Balaban J connectivity index is 2.38. The highest BCUT2D eigenvalue weighted by Gasteiger charge is 2.18. The first kappa shape index (κ1) is 14.3. The molecule has 0 amide bonds. The first-order chi connectivity index (χ1) is 10.2. The lowest BCUT2D eigenvalue weighted by Gasteiger charge is -2.10. The Hall–Kier alpha value is -3.16. The van der Waals surface area contributed by atoms with Crippen LogP contribution in [0.25, 0.3) is 0 Å². The molecule has 0 aliphatic carbocycles. The van der Waals surface area contributed by atoms with Crippen LogP contribution in [0.4, 0.5) is 5.69 Å². The summed E-state index contributed by atoms with van der Waals surface area (Å²) in [6.45, 7) is 0. The summed E-state index contributed by atoms with van der Waals surface area (Å²) < 4.78 is 10.7. The van der Waals surface area contributed by atoms with Gasteiger partial charge >= 0.3 is 5.69 Å². The summed E-state index contributed by atoms with van der Waals surface area (Å²) in [5.41, 5.74) is 0.476. The molecular weight excluding hydrogens is 276 g/mol. The number of hydrazone groups is 1. The van der Waals surface area contributed by atoms with Crippen molar-refractivity contribution in [1.29, 1.82) is 0 Å². The van der Waals surface area contributed by atoms with E-state index in [0.29, 0.717) is 17.1 Å². The number of benzene rings is 1. The van der Waals surface area contributed by atoms with E-state index in [-0.39, 0.29) is 11.6 Å². The molecule has 0 spiro atoms. The monoisotopic (exact) mass is 288 g/mol. The highest BCUT2D eigenvalue weighted by molar-refractivity contribution is 5.80. The number of methoxy groups -OCH3 is 1. The molecular formula is C13H12N4O4. The number of hydrogen-bond acceptors (Lipinski definition) is 7. The topological polar surface area (TPSA) is 113 Å². The maximum Gasteiger partial charge on any atom is 0.331 e. The molecule has 0 atom stereocenters. The highest BCUT2D eigenvalue weighted by atomic mass is 16.6. The van der Waals surface area contributed by atoms with Crippen molar-refractivity contribution in [2.24, 2.45) is 10.9 Å². The summed E-state index contributed by atoms with van der Waals surface area (Å²) >= 11 is 0. The fraction of sp³-hybridized carbons (Fsp3) is 0.0769. The predicted molar refractivity (Wildman–Crippen MR) is 75.7 cm³/mol. The normalized spacial score (nSPS) is 10.5. The minimum absolute atomic E-state index is 0.110. The molecule has 0 aliphatic heterocycles. The van der Waals surface area contributed by atoms with Crippen LogP contribution in [0.2, 0.25) is 0 Å². The molecule has 0 saturated heterocycles. The van der Waals surface area contributed by atoms with Gasteiger partial charge in [0.1, 0.15) is 0 Å². The van der Waals surface area contributed by atoms with Crippen LogP contribution >= 0.6 is 0 Å². The molecule has 108 valence electrons. The van der Waals surface area contributed by atoms with Crippen LogP contribution in [-0.4, -0.2) is 23.2 Å². The second-order valence-electron chi connectivity index (χ2n) is 3.88. The van der Waals surface area contributed by atoms with Crippen molar-refractivity contribution in [3.63, 3.8) is 0 Å². The van der Waals surface area contributed by atoms with Crippen molar-refractivity contribution in [1.82, 2.24) is 4.98 Å². The van der Waals surface area contributed by atoms with Crippen LogP contribution in [0, 0.1) is 10.1 Å². The molecule has 1 heterocycles. The van der Waals surface area contributed by atoms with E-state index in [1.807, 2.05) is 0 Å². The van der Waals surface area contributed by atoms with E-state index in [4.69, 9.17) is 15.3 Å². The lowest BCUT2D eigenvalue weighted by atomic mass is 10.2. The number of aromatic nitrogens is 1. The molecule has 2 N–H and O–H groups in total. The van der Waals surface area contributed by atoms with Gasteiger partial charge in [-0.15, -0.1) is 0 Å². The summed E-state index contributed by atoms with van der Waals surface area (Å²) in [4.78, 5) is 14.2. The summed E-state index contributed by atoms with van der Waals surface area (Å²) in [5.74, 6) is 5.65. The Morgan fingerprint density at radius 1 is 1.38 bits per heavy atom. The molecule has 0 radical (unpaired) electrons. The van der Waals surface area contributed by atoms with Gasteiger partial charge in [-0.2, -0.15) is 5.10 Å². The van der Waals surface area contributed by atoms with Gasteiger partial charge in [-0.3, -0.25) is 10.1 Å². The van der Waals surface area contributed by atoms with Crippen LogP contribution < -0.4 is 15.3 Å². The number of hydrogen-bond donors (Lipinski definition) is 1. The van der Waals surface area contributed by atoms with E-state index in [9.17, 15) is 10.1 Å². The molecule has 0 unspecified atom stereocenters. The van der Waals surface area contributed by atoms with Gasteiger partial charge in [0.25, 0.3) is 5.88 Å². The van der Waals surface area contributed by atoms with Crippen LogP contribution in [0.15, 0.2) is 41.6 Å². The van der Waals surface area contributed by atoms with Crippen LogP contribution in [-0.2, 0) is 0 Å². The lowest BCUT2D eigenvalue weighted by molar-refractivity contribution is -0.386. The fourth-order valence-electron chi connectivity index (χ4n) is 1.64. The number of pyridine rings is 1. The number of nitro groups is 1. The third-order valence-corrected chi connectivity index (χ3v) is 2.57. The largest absolute Gasteiger partial charge is 0.493 e. The van der Waals surface area contributed by atoms with Crippen LogP contribution in [0.5, 0.6) is 17.4 Å². The van der Waals surface area contributed by atoms with Gasteiger partial charge in [-0.25, -0.2) is 4.98 Å². The Morgan fingerprint density at radius 2 is 2.19 bits per heavy atom. The third kappa shape index (κ3) is 3.24. The number of nitrogens with two attached hydrogens (primary N) is 1. The fourth-order valence-corrected chi connectivity index (χ4v) is 1.64. The number of nitrogens with zero attached hydrogens (tertiary/aromatic N) is 3. The quantitative estimate of drug-likeness (QED) is 0.390. The second-order valence-corrected chi connectivity index (χ2v) is 3.88. The number of ether oxygens (including phenoxy) is 2. The molecule has 0 aliphatic rings. The summed E-state index contributed by atoms with van der Waals surface area (Å²) in [6, 6.07) is 7.69. The van der Waals surface area contributed by atoms with Crippen molar-refractivity contribution in [2.75, 3.05) is 7.11 Å². The first-order valence-electron chi connectivity index (χ1n) is 5.84. The molecule has 0 fully saturated rings. The van der Waals surface area contributed by atoms with E-state index < -0.39 is 4.92 Å². The maximum absolute atomic E-state index is 10.9. The Bertz CT molecular complexity index is 688. The van der Waals surface area contributed by atoms with Gasteiger partial charge in [0.2, 0.25) is 0 Å². The van der Waals surface area contributed by atoms with Crippen LogP contribution in [0.1, 0.15) is 5.56 Å². The van der Waals surface area contributed by atoms with Crippen molar-refractivity contribution in [3.05, 3.63) is 52.2 Å². The van der Waals surface area contributed by atoms with Crippen molar-refractivity contribution in [3.8, 4) is 17.4 Å². The highest BCUT2D eigenvalue weighted by Crippen LogP contribution is 2.34. The molecule has 1 aromatic carbocycles. The van der Waals surface area contributed by atoms with E-state index in [1.165, 1.54) is 31.7 Å². The van der Waals surface area contributed by atoms with E-state index in [2.05, 4.69) is 10.1 Å². The van der Waals surface area contributed by atoms with Gasteiger partial charge in [0, 0.05) is 12.3 Å². The first-order valence-corrected chi connectivity index (χ1v) is 5.84. The van der Waals surface area contributed by atoms with E-state index in [1.54, 1.807) is 18.2 Å².